The molecule has 4 aromatic carbocycles. The van der Waals surface area contributed by atoms with Crippen molar-refractivity contribution in [3.63, 3.8) is 0 Å². The Balaban J connectivity index is 1.73. The van der Waals surface area contributed by atoms with Crippen molar-refractivity contribution in [2.24, 2.45) is 5.92 Å². The second-order valence-electron chi connectivity index (χ2n) is 8.21. The number of carboxylic acids is 1. The van der Waals surface area contributed by atoms with Gasteiger partial charge in [0.15, 0.2) is 0 Å². The fourth-order valence-electron chi connectivity index (χ4n) is 4.98. The van der Waals surface area contributed by atoms with Crippen LogP contribution in [0, 0.1) is 5.92 Å². The lowest BCUT2D eigenvalue weighted by Gasteiger charge is -2.38. The minimum Gasteiger partial charge on any atom is -0.481 e. The molecule has 0 aromatic heterocycles. The highest BCUT2D eigenvalue weighted by Gasteiger charge is 2.32. The van der Waals surface area contributed by atoms with Crippen LogP contribution in [-0.2, 0) is 4.79 Å². The number of fused-ring (bicyclic) bond motifs is 2. The van der Waals surface area contributed by atoms with Gasteiger partial charge in [0.05, 0.1) is 12.0 Å². The van der Waals surface area contributed by atoms with Crippen LogP contribution < -0.4 is 0 Å². The lowest BCUT2D eigenvalue weighted by Crippen LogP contribution is -2.41. The second kappa shape index (κ2) is 7.92. The van der Waals surface area contributed by atoms with Gasteiger partial charge in [-0.1, -0.05) is 84.9 Å². The maximum atomic E-state index is 11.8. The van der Waals surface area contributed by atoms with Crippen molar-refractivity contribution in [3.05, 3.63) is 96.1 Å². The summed E-state index contributed by atoms with van der Waals surface area (Å²) < 4.78 is 0. The van der Waals surface area contributed by atoms with E-state index in [0.29, 0.717) is 6.54 Å². The summed E-state index contributed by atoms with van der Waals surface area (Å²) in [5.74, 6) is -1.000. The molecule has 4 aromatic rings. The van der Waals surface area contributed by atoms with Crippen LogP contribution in [0.25, 0.3) is 21.5 Å². The quantitative estimate of drug-likeness (QED) is 0.469. The number of benzene rings is 4. The summed E-state index contributed by atoms with van der Waals surface area (Å²) in [6.07, 6.45) is 1.66. The average molecular weight is 396 g/mol. The topological polar surface area (TPSA) is 40.5 Å². The summed E-state index contributed by atoms with van der Waals surface area (Å²) in [6.45, 7) is 1.48. The Bertz CT molecular complexity index is 1130. The first-order chi connectivity index (χ1) is 14.7. The first kappa shape index (κ1) is 18.8. The van der Waals surface area contributed by atoms with Crippen LogP contribution in [0.15, 0.2) is 84.9 Å². The number of hydrogen-bond donors (Lipinski definition) is 1. The highest BCUT2D eigenvalue weighted by atomic mass is 16.4. The minimum absolute atomic E-state index is 0.0179. The van der Waals surface area contributed by atoms with E-state index in [1.807, 2.05) is 0 Å². The third-order valence-corrected chi connectivity index (χ3v) is 6.40. The van der Waals surface area contributed by atoms with Gasteiger partial charge >= 0.3 is 5.97 Å². The van der Waals surface area contributed by atoms with Crippen molar-refractivity contribution in [1.29, 1.82) is 0 Å². The largest absolute Gasteiger partial charge is 0.481 e. The molecule has 1 aliphatic heterocycles. The molecule has 5 rings (SSSR count). The number of nitrogens with zero attached hydrogens (tertiary/aromatic N) is 1. The van der Waals surface area contributed by atoms with E-state index < -0.39 is 5.97 Å². The zero-order valence-corrected chi connectivity index (χ0v) is 16.9. The molecule has 3 nitrogen and oxygen atoms in total. The van der Waals surface area contributed by atoms with Crippen molar-refractivity contribution in [2.75, 3.05) is 13.1 Å². The van der Waals surface area contributed by atoms with Crippen LogP contribution in [0.4, 0.5) is 0 Å². The Morgan fingerprint density at radius 3 is 1.90 bits per heavy atom. The van der Waals surface area contributed by atoms with Gasteiger partial charge in [0.25, 0.3) is 0 Å². The number of aliphatic carboxylic acids is 1. The van der Waals surface area contributed by atoms with Gasteiger partial charge in [-0.2, -0.15) is 0 Å². The Labute approximate surface area is 176 Å². The van der Waals surface area contributed by atoms with E-state index in [0.717, 1.165) is 19.4 Å². The van der Waals surface area contributed by atoms with Crippen molar-refractivity contribution < 1.29 is 9.90 Å². The van der Waals surface area contributed by atoms with Gasteiger partial charge in [0.1, 0.15) is 0 Å². The van der Waals surface area contributed by atoms with Gasteiger partial charge in [-0.05, 0) is 52.1 Å². The molecule has 0 spiro atoms. The van der Waals surface area contributed by atoms with E-state index in [9.17, 15) is 9.90 Å². The van der Waals surface area contributed by atoms with Crippen LogP contribution in [0.5, 0.6) is 0 Å². The SMILES string of the molecule is O=C(O)C1CCCN(C(c2cccc3ccccc23)c2cccc3ccccc23)C1. The third-order valence-electron chi connectivity index (χ3n) is 6.40. The monoisotopic (exact) mass is 395 g/mol. The van der Waals surface area contributed by atoms with Gasteiger partial charge in [0.2, 0.25) is 0 Å². The van der Waals surface area contributed by atoms with Crippen LogP contribution >= 0.6 is 0 Å². The second-order valence-corrected chi connectivity index (χ2v) is 8.21. The predicted octanol–water partition coefficient (Wildman–Crippen LogP) is 5.88. The fourth-order valence-corrected chi connectivity index (χ4v) is 4.98. The molecular formula is C27H25NO2. The van der Waals surface area contributed by atoms with Crippen molar-refractivity contribution in [2.45, 2.75) is 18.9 Å². The molecule has 1 N–H and O–H groups in total. The van der Waals surface area contributed by atoms with Crippen LogP contribution in [0.1, 0.15) is 30.0 Å². The van der Waals surface area contributed by atoms with E-state index in [1.54, 1.807) is 0 Å². The summed E-state index contributed by atoms with van der Waals surface area (Å²) in [4.78, 5) is 14.2. The Hall–Kier alpha value is -3.17. The van der Waals surface area contributed by atoms with Crippen LogP contribution in [-0.4, -0.2) is 29.1 Å². The molecule has 150 valence electrons. The molecular weight excluding hydrogens is 370 g/mol. The molecule has 1 saturated heterocycles. The maximum Gasteiger partial charge on any atom is 0.307 e. The fraction of sp³-hybridized carbons (Fsp3) is 0.222. The molecule has 1 unspecified atom stereocenters. The molecule has 3 heteroatoms. The number of piperidine rings is 1. The summed E-state index contributed by atoms with van der Waals surface area (Å²) in [7, 11) is 0. The zero-order valence-electron chi connectivity index (χ0n) is 16.9. The molecule has 1 heterocycles. The van der Waals surface area contributed by atoms with Crippen LogP contribution in [0.3, 0.4) is 0 Å². The molecule has 0 amide bonds. The van der Waals surface area contributed by atoms with Crippen molar-refractivity contribution >= 4 is 27.5 Å². The van der Waals surface area contributed by atoms with Crippen LogP contribution in [0.2, 0.25) is 0 Å². The highest BCUT2D eigenvalue weighted by molar-refractivity contribution is 5.90. The van der Waals surface area contributed by atoms with Crippen molar-refractivity contribution in [1.82, 2.24) is 4.90 Å². The Morgan fingerprint density at radius 1 is 0.800 bits per heavy atom. The first-order valence-electron chi connectivity index (χ1n) is 10.6. The lowest BCUT2D eigenvalue weighted by molar-refractivity contribution is -0.143. The van der Waals surface area contributed by atoms with E-state index in [2.05, 4.69) is 89.8 Å². The van der Waals surface area contributed by atoms with Gasteiger partial charge in [0, 0.05) is 6.54 Å². The smallest absolute Gasteiger partial charge is 0.307 e. The first-order valence-corrected chi connectivity index (χ1v) is 10.6. The standard InChI is InChI=1S/C27H25NO2/c29-27(30)21-12-7-17-28(18-21)26(24-15-5-10-19-8-1-3-13-22(19)24)25-16-6-11-20-9-2-4-14-23(20)25/h1-6,8-11,13-16,21,26H,7,12,17-18H2,(H,29,30). The Kier molecular flexibility index (Phi) is 4.97. The molecule has 1 aliphatic rings. The molecule has 1 fully saturated rings. The van der Waals surface area contributed by atoms with E-state index >= 15 is 0 Å². The summed E-state index contributed by atoms with van der Waals surface area (Å²) in [5.41, 5.74) is 2.49. The maximum absolute atomic E-state index is 11.8. The normalized spacial score (nSPS) is 17.6. The lowest BCUT2D eigenvalue weighted by atomic mass is 9.87. The van der Waals surface area contributed by atoms with Gasteiger partial charge in [-0.3, -0.25) is 9.69 Å². The average Bonchev–Trinajstić information content (AvgIpc) is 2.80. The number of hydrogen-bond acceptors (Lipinski definition) is 2. The summed E-state index contributed by atoms with van der Waals surface area (Å²) in [6, 6.07) is 29.9. The van der Waals surface area contributed by atoms with Gasteiger partial charge in [-0.25, -0.2) is 0 Å². The zero-order chi connectivity index (χ0) is 20.5. The van der Waals surface area contributed by atoms with E-state index in [-0.39, 0.29) is 12.0 Å². The molecule has 0 bridgehead atoms. The third kappa shape index (κ3) is 3.35. The molecule has 1 atom stereocenters. The number of carbonyl (C=O) groups is 1. The molecule has 0 aliphatic carbocycles. The van der Waals surface area contributed by atoms with E-state index in [1.165, 1.54) is 32.7 Å². The van der Waals surface area contributed by atoms with Crippen molar-refractivity contribution in [3.8, 4) is 0 Å². The molecule has 0 saturated carbocycles. The number of rotatable bonds is 4. The van der Waals surface area contributed by atoms with Gasteiger partial charge in [-0.15, -0.1) is 0 Å². The molecule has 30 heavy (non-hydrogen) atoms. The van der Waals surface area contributed by atoms with Gasteiger partial charge < -0.3 is 5.11 Å². The highest BCUT2D eigenvalue weighted by Crippen LogP contribution is 2.39. The number of likely N-dealkylation sites (tertiary alicyclic amines) is 1. The number of carboxylic acid groups (broad SMARTS) is 1. The Morgan fingerprint density at radius 2 is 1.33 bits per heavy atom. The summed E-state index contributed by atoms with van der Waals surface area (Å²) in [5, 5.41) is 14.6. The predicted molar refractivity (Wildman–Crippen MR) is 122 cm³/mol. The summed E-state index contributed by atoms with van der Waals surface area (Å²) >= 11 is 0. The van der Waals surface area contributed by atoms with E-state index in [4.69, 9.17) is 0 Å². The molecule has 0 radical (unpaired) electrons. The minimum atomic E-state index is -0.686.